The summed E-state index contributed by atoms with van der Waals surface area (Å²) in [6.45, 7) is 3.36. The number of hydrogen-bond acceptors (Lipinski definition) is 4. The van der Waals surface area contributed by atoms with Crippen LogP contribution in [-0.2, 0) is 16.6 Å². The van der Waals surface area contributed by atoms with E-state index >= 15 is 0 Å². The van der Waals surface area contributed by atoms with Gasteiger partial charge in [0, 0.05) is 43.8 Å². The number of fused-ring (bicyclic) bond motifs is 1. The van der Waals surface area contributed by atoms with Crippen LogP contribution in [0.15, 0.2) is 47.5 Å². The Morgan fingerprint density at radius 3 is 2.70 bits per heavy atom. The molecule has 1 fully saturated rings. The number of nitrogens with zero attached hydrogens (tertiary/aromatic N) is 1. The molecule has 2 aliphatic heterocycles. The summed E-state index contributed by atoms with van der Waals surface area (Å²) in [6.07, 6.45) is 2.77. The molecule has 1 saturated heterocycles. The fourth-order valence-corrected chi connectivity index (χ4v) is 4.23. The van der Waals surface area contributed by atoms with E-state index in [9.17, 15) is 0 Å². The molecule has 0 spiro atoms. The van der Waals surface area contributed by atoms with Gasteiger partial charge in [-0.1, -0.05) is 29.8 Å². The molecule has 2 aromatic rings. The monoisotopic (exact) mass is 429 g/mol. The molecule has 0 saturated carbocycles. The summed E-state index contributed by atoms with van der Waals surface area (Å²) in [5.74, 6) is 2.42. The normalized spacial score (nSPS) is 17.6. The molecule has 2 N–H and O–H groups in total. The maximum Gasteiger partial charge on any atom is 0.231 e. The van der Waals surface area contributed by atoms with E-state index in [1.54, 1.807) is 7.05 Å². The lowest BCUT2D eigenvalue weighted by Crippen LogP contribution is -2.48. The Kier molecular flexibility index (Phi) is 6.65. The van der Waals surface area contributed by atoms with E-state index in [0.29, 0.717) is 6.79 Å². The highest BCUT2D eigenvalue weighted by Crippen LogP contribution is 2.35. The summed E-state index contributed by atoms with van der Waals surface area (Å²) >= 11 is 6.27. The summed E-state index contributed by atoms with van der Waals surface area (Å²) in [5.41, 5.74) is 2.43. The molecule has 0 atom stereocenters. The first-order valence-corrected chi connectivity index (χ1v) is 10.7. The number of aliphatic imine (C=N–C) groups is 1. The molecule has 0 amide bonds. The van der Waals surface area contributed by atoms with Gasteiger partial charge in [-0.25, -0.2) is 0 Å². The molecule has 160 valence electrons. The van der Waals surface area contributed by atoms with Crippen LogP contribution in [0.3, 0.4) is 0 Å². The van der Waals surface area contributed by atoms with Crippen molar-refractivity contribution >= 4 is 17.6 Å². The fraction of sp³-hybridized carbons (Fsp3) is 0.435. The molecule has 6 nitrogen and oxygen atoms in total. The molecule has 0 radical (unpaired) electrons. The van der Waals surface area contributed by atoms with Crippen molar-refractivity contribution in [3.8, 4) is 11.5 Å². The van der Waals surface area contributed by atoms with Crippen molar-refractivity contribution in [3.05, 3.63) is 58.6 Å². The molecule has 4 rings (SSSR count). The molecule has 0 aromatic heterocycles. The SMILES string of the molecule is CN=C(NCCc1ccc2c(c1)OCO2)NCC1(c2cccc(Cl)c2)CCOCC1. The lowest BCUT2D eigenvalue weighted by Gasteiger charge is -2.38. The number of benzene rings is 2. The third-order valence-electron chi connectivity index (χ3n) is 5.85. The van der Waals surface area contributed by atoms with Crippen LogP contribution in [0.1, 0.15) is 24.0 Å². The van der Waals surface area contributed by atoms with Crippen LogP contribution in [0.2, 0.25) is 5.02 Å². The topological polar surface area (TPSA) is 64.1 Å². The van der Waals surface area contributed by atoms with Gasteiger partial charge in [-0.2, -0.15) is 0 Å². The molecule has 2 aromatic carbocycles. The first-order valence-electron chi connectivity index (χ1n) is 10.4. The maximum atomic E-state index is 6.27. The summed E-state index contributed by atoms with van der Waals surface area (Å²) in [5, 5.41) is 7.70. The Morgan fingerprint density at radius 1 is 1.07 bits per heavy atom. The van der Waals surface area contributed by atoms with Crippen LogP contribution < -0.4 is 20.1 Å². The second-order valence-corrected chi connectivity index (χ2v) is 8.13. The van der Waals surface area contributed by atoms with Gasteiger partial charge in [0.05, 0.1) is 0 Å². The fourth-order valence-electron chi connectivity index (χ4n) is 4.04. The van der Waals surface area contributed by atoms with E-state index < -0.39 is 0 Å². The highest BCUT2D eigenvalue weighted by molar-refractivity contribution is 6.30. The second-order valence-electron chi connectivity index (χ2n) is 7.69. The highest BCUT2D eigenvalue weighted by atomic mass is 35.5. The van der Waals surface area contributed by atoms with Crippen molar-refractivity contribution in [2.45, 2.75) is 24.7 Å². The first-order chi connectivity index (χ1) is 14.7. The molecular weight excluding hydrogens is 402 g/mol. The lowest BCUT2D eigenvalue weighted by atomic mass is 9.74. The van der Waals surface area contributed by atoms with Crippen molar-refractivity contribution in [2.24, 2.45) is 4.99 Å². The minimum Gasteiger partial charge on any atom is -0.454 e. The van der Waals surface area contributed by atoms with Gasteiger partial charge in [-0.05, 0) is 54.7 Å². The Balaban J connectivity index is 1.34. The van der Waals surface area contributed by atoms with Gasteiger partial charge >= 0.3 is 0 Å². The van der Waals surface area contributed by atoms with E-state index in [1.165, 1.54) is 11.1 Å². The summed E-state index contributed by atoms with van der Waals surface area (Å²) in [7, 11) is 1.80. The third-order valence-corrected chi connectivity index (χ3v) is 6.08. The number of rotatable bonds is 6. The van der Waals surface area contributed by atoms with Crippen LogP contribution in [0, 0.1) is 0 Å². The summed E-state index contributed by atoms with van der Waals surface area (Å²) < 4.78 is 16.5. The van der Waals surface area contributed by atoms with Gasteiger partial charge in [-0.3, -0.25) is 4.99 Å². The molecular formula is C23H28ClN3O3. The van der Waals surface area contributed by atoms with Gasteiger partial charge in [-0.15, -0.1) is 0 Å². The van der Waals surface area contributed by atoms with Crippen molar-refractivity contribution in [3.63, 3.8) is 0 Å². The predicted molar refractivity (Wildman–Crippen MR) is 119 cm³/mol. The zero-order valence-electron chi connectivity index (χ0n) is 17.2. The van der Waals surface area contributed by atoms with Gasteiger partial charge < -0.3 is 24.8 Å². The van der Waals surface area contributed by atoms with Crippen molar-refractivity contribution in [1.29, 1.82) is 0 Å². The van der Waals surface area contributed by atoms with E-state index in [1.807, 2.05) is 24.3 Å². The van der Waals surface area contributed by atoms with Crippen molar-refractivity contribution in [1.82, 2.24) is 10.6 Å². The van der Waals surface area contributed by atoms with Crippen LogP contribution >= 0.6 is 11.6 Å². The Morgan fingerprint density at radius 2 is 1.90 bits per heavy atom. The zero-order valence-corrected chi connectivity index (χ0v) is 18.0. The van der Waals surface area contributed by atoms with E-state index in [4.69, 9.17) is 25.8 Å². The molecule has 30 heavy (non-hydrogen) atoms. The predicted octanol–water partition coefficient (Wildman–Crippen LogP) is 3.52. The van der Waals surface area contributed by atoms with Gasteiger partial charge in [0.15, 0.2) is 17.5 Å². The largest absolute Gasteiger partial charge is 0.454 e. The lowest BCUT2D eigenvalue weighted by molar-refractivity contribution is 0.0514. The van der Waals surface area contributed by atoms with Gasteiger partial charge in [0.25, 0.3) is 0 Å². The Bertz CT molecular complexity index is 897. The minimum atomic E-state index is -0.0158. The molecule has 0 aliphatic carbocycles. The Hall–Kier alpha value is -2.44. The van der Waals surface area contributed by atoms with E-state index in [0.717, 1.165) is 68.0 Å². The van der Waals surface area contributed by atoms with Crippen LogP contribution in [0.4, 0.5) is 0 Å². The number of ether oxygens (including phenoxy) is 3. The average Bonchev–Trinajstić information content (AvgIpc) is 3.25. The average molecular weight is 430 g/mol. The van der Waals surface area contributed by atoms with E-state index in [-0.39, 0.29) is 5.41 Å². The smallest absolute Gasteiger partial charge is 0.231 e. The molecule has 7 heteroatoms. The van der Waals surface area contributed by atoms with Crippen molar-refractivity contribution in [2.75, 3.05) is 40.1 Å². The molecule has 2 heterocycles. The molecule has 0 bridgehead atoms. The number of nitrogens with one attached hydrogen (secondary N) is 2. The van der Waals surface area contributed by atoms with Gasteiger partial charge in [0.2, 0.25) is 6.79 Å². The highest BCUT2D eigenvalue weighted by Gasteiger charge is 2.34. The van der Waals surface area contributed by atoms with E-state index in [2.05, 4.69) is 33.8 Å². The van der Waals surface area contributed by atoms with Crippen molar-refractivity contribution < 1.29 is 14.2 Å². The number of halogens is 1. The summed E-state index contributed by atoms with van der Waals surface area (Å²) in [6, 6.07) is 14.2. The Labute approximate surface area is 182 Å². The zero-order chi connectivity index (χ0) is 20.8. The second kappa shape index (κ2) is 9.58. The third kappa shape index (κ3) is 4.82. The molecule has 2 aliphatic rings. The quantitative estimate of drug-likeness (QED) is 0.543. The van der Waals surface area contributed by atoms with Crippen LogP contribution in [0.25, 0.3) is 0 Å². The standard InChI is InChI=1S/C23H28ClN3O3/c1-25-22(26-10-7-17-5-6-20-21(13-17)30-16-29-20)27-15-23(8-11-28-12-9-23)18-3-2-4-19(24)14-18/h2-6,13-14H,7-12,15-16H2,1H3,(H2,25,26,27). The first kappa shape index (κ1) is 20.8. The van der Waals surface area contributed by atoms with Crippen LogP contribution in [-0.4, -0.2) is 46.1 Å². The maximum absolute atomic E-state index is 6.27. The summed E-state index contributed by atoms with van der Waals surface area (Å²) in [4.78, 5) is 4.40. The molecule has 0 unspecified atom stereocenters. The van der Waals surface area contributed by atoms with Gasteiger partial charge in [0.1, 0.15) is 0 Å². The van der Waals surface area contributed by atoms with Crippen LogP contribution in [0.5, 0.6) is 11.5 Å². The minimum absolute atomic E-state index is 0.0158. The number of guanidine groups is 1. The number of hydrogen-bond donors (Lipinski definition) is 2.